The molecule has 2 aliphatic heterocycles. The molecule has 1 aromatic rings. The maximum Gasteiger partial charge on any atom is 0.244 e. The van der Waals surface area contributed by atoms with Crippen molar-refractivity contribution in [2.24, 2.45) is 5.92 Å². The Morgan fingerprint density at radius 2 is 2.40 bits per heavy atom. The zero-order chi connectivity index (χ0) is 13.9. The number of ether oxygens (including phenoxy) is 1. The van der Waals surface area contributed by atoms with E-state index >= 15 is 0 Å². The fourth-order valence-electron chi connectivity index (χ4n) is 3.30. The number of H-pyrrole nitrogens is 1. The Morgan fingerprint density at radius 1 is 1.50 bits per heavy atom. The molecule has 20 heavy (non-hydrogen) atoms. The number of piperidine rings is 1. The third-order valence-electron chi connectivity index (χ3n) is 4.37. The summed E-state index contributed by atoms with van der Waals surface area (Å²) >= 11 is 0. The van der Waals surface area contributed by atoms with E-state index in [2.05, 4.69) is 27.3 Å². The van der Waals surface area contributed by atoms with Crippen molar-refractivity contribution in [3.05, 3.63) is 5.82 Å². The summed E-state index contributed by atoms with van der Waals surface area (Å²) in [6, 6.07) is 0. The van der Waals surface area contributed by atoms with Gasteiger partial charge in [-0.25, -0.2) is 0 Å². The largest absolute Gasteiger partial charge is 0.378 e. The highest BCUT2D eigenvalue weighted by molar-refractivity contribution is 5.30. The van der Waals surface area contributed by atoms with Gasteiger partial charge in [-0.05, 0) is 45.7 Å². The van der Waals surface area contributed by atoms with Gasteiger partial charge < -0.3 is 15.0 Å². The number of anilines is 1. The average molecular weight is 279 g/mol. The van der Waals surface area contributed by atoms with Gasteiger partial charge in [-0.2, -0.15) is 4.98 Å². The highest BCUT2D eigenvalue weighted by Gasteiger charge is 2.28. The maximum absolute atomic E-state index is 5.61. The fraction of sp³-hybridized carbons (Fsp3) is 0.857. The fourth-order valence-corrected chi connectivity index (χ4v) is 3.30. The van der Waals surface area contributed by atoms with Crippen molar-refractivity contribution in [2.45, 2.75) is 38.2 Å². The van der Waals surface area contributed by atoms with E-state index in [0.29, 0.717) is 17.9 Å². The topological polar surface area (TPSA) is 66.1 Å². The van der Waals surface area contributed by atoms with Crippen molar-refractivity contribution in [1.82, 2.24) is 20.5 Å². The summed E-state index contributed by atoms with van der Waals surface area (Å²) in [5.74, 6) is 2.93. The number of nitrogens with one attached hydrogen (secondary N) is 2. The SMILES string of the molecule is CNCC1CCCN(c2n[nH]c(C3COC(C)C3)n2)C1. The highest BCUT2D eigenvalue weighted by Crippen LogP contribution is 2.28. The van der Waals surface area contributed by atoms with Crippen LogP contribution in [0, 0.1) is 5.92 Å². The third kappa shape index (κ3) is 2.96. The number of hydrogen-bond donors (Lipinski definition) is 2. The Balaban J connectivity index is 1.64. The molecule has 2 saturated heterocycles. The van der Waals surface area contributed by atoms with Gasteiger partial charge in [0.25, 0.3) is 0 Å². The standard InChI is InChI=1S/C14H25N5O/c1-10-6-12(9-20-10)13-16-14(18-17-13)19-5-3-4-11(8-19)7-15-2/h10-12,15H,3-9H2,1-2H3,(H,16,17,18). The Kier molecular flexibility index (Phi) is 4.21. The first kappa shape index (κ1) is 13.8. The summed E-state index contributed by atoms with van der Waals surface area (Å²) in [7, 11) is 2.02. The lowest BCUT2D eigenvalue weighted by Crippen LogP contribution is -2.39. The lowest BCUT2D eigenvalue weighted by atomic mass is 9.98. The first-order chi connectivity index (χ1) is 9.76. The number of rotatable bonds is 4. The lowest BCUT2D eigenvalue weighted by molar-refractivity contribution is 0.123. The van der Waals surface area contributed by atoms with Gasteiger partial charge in [0.2, 0.25) is 5.95 Å². The van der Waals surface area contributed by atoms with E-state index < -0.39 is 0 Å². The van der Waals surface area contributed by atoms with E-state index in [0.717, 1.165) is 44.4 Å². The molecule has 0 aromatic carbocycles. The van der Waals surface area contributed by atoms with E-state index in [4.69, 9.17) is 9.72 Å². The predicted molar refractivity (Wildman–Crippen MR) is 78.0 cm³/mol. The minimum atomic E-state index is 0.337. The molecule has 6 heteroatoms. The summed E-state index contributed by atoms with van der Waals surface area (Å²) in [5.41, 5.74) is 0. The van der Waals surface area contributed by atoms with Crippen molar-refractivity contribution in [3.8, 4) is 0 Å². The molecule has 6 nitrogen and oxygen atoms in total. The predicted octanol–water partition coefficient (Wildman–Crippen LogP) is 1.13. The molecular weight excluding hydrogens is 254 g/mol. The smallest absolute Gasteiger partial charge is 0.244 e. The minimum Gasteiger partial charge on any atom is -0.378 e. The van der Waals surface area contributed by atoms with Crippen LogP contribution in [0.4, 0.5) is 5.95 Å². The molecule has 1 aromatic heterocycles. The van der Waals surface area contributed by atoms with Crippen LogP contribution in [0.15, 0.2) is 0 Å². The summed E-state index contributed by atoms with van der Waals surface area (Å²) in [5, 5.41) is 10.8. The lowest BCUT2D eigenvalue weighted by Gasteiger charge is -2.31. The van der Waals surface area contributed by atoms with Crippen LogP contribution in [0.25, 0.3) is 0 Å². The molecule has 3 rings (SSSR count). The van der Waals surface area contributed by atoms with Crippen molar-refractivity contribution in [1.29, 1.82) is 0 Å². The van der Waals surface area contributed by atoms with E-state index in [1.165, 1.54) is 12.8 Å². The Bertz CT molecular complexity index is 433. The van der Waals surface area contributed by atoms with Crippen LogP contribution in [0.2, 0.25) is 0 Å². The van der Waals surface area contributed by atoms with Crippen LogP contribution in [-0.4, -0.2) is 54.6 Å². The highest BCUT2D eigenvalue weighted by atomic mass is 16.5. The van der Waals surface area contributed by atoms with Gasteiger partial charge in [0.1, 0.15) is 5.82 Å². The second-order valence-corrected chi connectivity index (χ2v) is 6.11. The van der Waals surface area contributed by atoms with Crippen LogP contribution < -0.4 is 10.2 Å². The minimum absolute atomic E-state index is 0.337. The normalized spacial score (nSPS) is 30.9. The molecule has 0 radical (unpaired) electrons. The van der Waals surface area contributed by atoms with Crippen LogP contribution in [0.1, 0.15) is 37.9 Å². The molecule has 0 aliphatic carbocycles. The van der Waals surface area contributed by atoms with E-state index in [1.807, 2.05) is 7.05 Å². The molecule has 3 unspecified atom stereocenters. The van der Waals surface area contributed by atoms with E-state index in [-0.39, 0.29) is 0 Å². The number of aromatic amines is 1. The summed E-state index contributed by atoms with van der Waals surface area (Å²) in [6.07, 6.45) is 3.89. The number of aromatic nitrogens is 3. The molecule has 0 bridgehead atoms. The maximum atomic E-state index is 5.61. The number of nitrogens with zero attached hydrogens (tertiary/aromatic N) is 3. The molecule has 0 saturated carbocycles. The molecule has 2 fully saturated rings. The molecule has 112 valence electrons. The van der Waals surface area contributed by atoms with Gasteiger partial charge in [0.15, 0.2) is 0 Å². The Morgan fingerprint density at radius 3 is 3.15 bits per heavy atom. The zero-order valence-electron chi connectivity index (χ0n) is 12.4. The molecule has 3 heterocycles. The summed E-state index contributed by atoms with van der Waals surface area (Å²) in [6.45, 7) is 6.06. The van der Waals surface area contributed by atoms with Gasteiger partial charge >= 0.3 is 0 Å². The van der Waals surface area contributed by atoms with Gasteiger partial charge in [-0.15, -0.1) is 5.10 Å². The first-order valence-corrected chi connectivity index (χ1v) is 7.69. The van der Waals surface area contributed by atoms with Crippen molar-refractivity contribution >= 4 is 5.95 Å². The van der Waals surface area contributed by atoms with Gasteiger partial charge in [-0.3, -0.25) is 5.10 Å². The molecule has 2 aliphatic rings. The monoisotopic (exact) mass is 279 g/mol. The van der Waals surface area contributed by atoms with Crippen molar-refractivity contribution in [3.63, 3.8) is 0 Å². The van der Waals surface area contributed by atoms with Crippen LogP contribution in [0.5, 0.6) is 0 Å². The van der Waals surface area contributed by atoms with E-state index in [9.17, 15) is 0 Å². The summed E-state index contributed by atoms with van der Waals surface area (Å²) < 4.78 is 5.61. The zero-order valence-corrected chi connectivity index (χ0v) is 12.4. The van der Waals surface area contributed by atoms with Gasteiger partial charge in [0, 0.05) is 19.0 Å². The third-order valence-corrected chi connectivity index (χ3v) is 4.37. The molecular formula is C14H25N5O. The van der Waals surface area contributed by atoms with Gasteiger partial charge in [0.05, 0.1) is 12.7 Å². The first-order valence-electron chi connectivity index (χ1n) is 7.69. The molecule has 2 N–H and O–H groups in total. The van der Waals surface area contributed by atoms with Crippen molar-refractivity contribution < 1.29 is 4.74 Å². The summed E-state index contributed by atoms with van der Waals surface area (Å²) in [4.78, 5) is 7.01. The Hall–Kier alpha value is -1.14. The average Bonchev–Trinajstić information content (AvgIpc) is 3.08. The van der Waals surface area contributed by atoms with Crippen LogP contribution in [-0.2, 0) is 4.74 Å². The quantitative estimate of drug-likeness (QED) is 0.865. The molecule has 0 amide bonds. The van der Waals surface area contributed by atoms with Crippen LogP contribution in [0.3, 0.4) is 0 Å². The van der Waals surface area contributed by atoms with E-state index in [1.54, 1.807) is 0 Å². The van der Waals surface area contributed by atoms with Crippen molar-refractivity contribution in [2.75, 3.05) is 38.2 Å². The molecule has 3 atom stereocenters. The Labute approximate surface area is 120 Å². The second kappa shape index (κ2) is 6.10. The molecule has 0 spiro atoms. The second-order valence-electron chi connectivity index (χ2n) is 6.11. The number of hydrogen-bond acceptors (Lipinski definition) is 5. The van der Waals surface area contributed by atoms with Gasteiger partial charge in [-0.1, -0.05) is 0 Å². The van der Waals surface area contributed by atoms with Crippen LogP contribution >= 0.6 is 0 Å².